The largest absolute Gasteiger partial charge is 0.445 e. The molecule has 0 fully saturated rings. The molecular formula is C21H27N3O2. The maximum Gasteiger partial charge on any atom is 0.408 e. The predicted octanol–water partition coefficient (Wildman–Crippen LogP) is 3.75. The first-order valence-corrected chi connectivity index (χ1v) is 8.75. The van der Waals surface area contributed by atoms with E-state index < -0.39 is 6.09 Å². The predicted molar refractivity (Wildman–Crippen MR) is 104 cm³/mol. The number of hydrogen-bond donors (Lipinski definition) is 3. The highest BCUT2D eigenvalue weighted by Gasteiger charge is 2.20. The minimum Gasteiger partial charge on any atom is -0.445 e. The van der Waals surface area contributed by atoms with Crippen molar-refractivity contribution in [3.63, 3.8) is 0 Å². The summed E-state index contributed by atoms with van der Waals surface area (Å²) in [6, 6.07) is 19.4. The van der Waals surface area contributed by atoms with E-state index in [1.807, 2.05) is 74.5 Å². The molecule has 0 radical (unpaired) electrons. The number of alkyl carbamates (subject to hydrolysis) is 1. The smallest absolute Gasteiger partial charge is 0.408 e. The monoisotopic (exact) mass is 353 g/mol. The molecule has 0 heterocycles. The Morgan fingerprint density at radius 1 is 1.00 bits per heavy atom. The summed E-state index contributed by atoms with van der Waals surface area (Å²) in [5, 5.41) is 2.87. The van der Waals surface area contributed by atoms with Gasteiger partial charge in [0.25, 0.3) is 0 Å². The number of hydrogen-bond acceptors (Lipinski definition) is 4. The van der Waals surface area contributed by atoms with E-state index in [1.54, 1.807) is 0 Å². The first kappa shape index (κ1) is 19.5. The topological polar surface area (TPSA) is 62.4 Å². The van der Waals surface area contributed by atoms with Gasteiger partial charge in [0, 0.05) is 12.2 Å². The number of amides is 1. The van der Waals surface area contributed by atoms with Crippen molar-refractivity contribution in [2.75, 3.05) is 0 Å². The highest BCUT2D eigenvalue weighted by molar-refractivity contribution is 5.68. The molecule has 1 amide bonds. The van der Waals surface area contributed by atoms with E-state index in [4.69, 9.17) is 4.74 Å². The summed E-state index contributed by atoms with van der Waals surface area (Å²) in [6.07, 6.45) is -0.460. The number of benzene rings is 2. The molecule has 2 aromatic rings. The Hall–Kier alpha value is -2.79. The second kappa shape index (κ2) is 10.3. The zero-order chi connectivity index (χ0) is 18.8. The Bertz CT molecular complexity index is 687. The van der Waals surface area contributed by atoms with Gasteiger partial charge in [0.05, 0.1) is 6.04 Å². The summed E-state index contributed by atoms with van der Waals surface area (Å²) in [5.74, 6) is 0.165. The molecule has 0 aromatic heterocycles. The van der Waals surface area contributed by atoms with Crippen LogP contribution in [0.5, 0.6) is 0 Å². The van der Waals surface area contributed by atoms with Crippen LogP contribution in [0, 0.1) is 5.92 Å². The number of carbonyl (C=O) groups is 1. The molecule has 5 heteroatoms. The molecule has 138 valence electrons. The van der Waals surface area contributed by atoms with Crippen LogP contribution >= 0.6 is 0 Å². The maximum atomic E-state index is 12.1. The van der Waals surface area contributed by atoms with Crippen molar-refractivity contribution in [1.82, 2.24) is 16.2 Å². The van der Waals surface area contributed by atoms with Gasteiger partial charge in [-0.3, -0.25) is 0 Å². The van der Waals surface area contributed by atoms with Gasteiger partial charge in [-0.25, -0.2) is 10.2 Å². The molecule has 0 aliphatic rings. The third-order valence-electron chi connectivity index (χ3n) is 3.91. The van der Waals surface area contributed by atoms with Crippen molar-refractivity contribution in [3.05, 3.63) is 84.1 Å². The van der Waals surface area contributed by atoms with Gasteiger partial charge < -0.3 is 15.5 Å². The molecule has 0 aliphatic carbocycles. The van der Waals surface area contributed by atoms with Crippen molar-refractivity contribution in [2.45, 2.75) is 33.0 Å². The SMILES string of the molecule is C=C(NNCc1ccccc1)[C@@H](NC(=O)OCc1ccccc1)C(C)C. The minimum absolute atomic E-state index is 0.165. The Morgan fingerprint density at radius 2 is 1.58 bits per heavy atom. The average Bonchev–Trinajstić information content (AvgIpc) is 2.65. The van der Waals surface area contributed by atoms with Crippen LogP contribution in [0.3, 0.4) is 0 Å². The van der Waals surface area contributed by atoms with Gasteiger partial charge in [-0.1, -0.05) is 81.1 Å². The van der Waals surface area contributed by atoms with E-state index in [2.05, 4.69) is 22.7 Å². The summed E-state index contributed by atoms with van der Waals surface area (Å²) < 4.78 is 5.29. The van der Waals surface area contributed by atoms with Crippen LogP contribution < -0.4 is 16.2 Å². The lowest BCUT2D eigenvalue weighted by Crippen LogP contribution is -2.46. The van der Waals surface area contributed by atoms with E-state index in [9.17, 15) is 4.79 Å². The van der Waals surface area contributed by atoms with Gasteiger partial charge in [-0.05, 0) is 17.0 Å². The Morgan fingerprint density at radius 3 is 2.15 bits per heavy atom. The normalized spacial score (nSPS) is 11.7. The van der Waals surface area contributed by atoms with Crippen molar-refractivity contribution >= 4 is 6.09 Å². The lowest BCUT2D eigenvalue weighted by molar-refractivity contribution is 0.134. The van der Waals surface area contributed by atoms with Crippen LogP contribution in [0.15, 0.2) is 72.9 Å². The van der Waals surface area contributed by atoms with Crippen LogP contribution in [0.2, 0.25) is 0 Å². The van der Waals surface area contributed by atoms with Crippen molar-refractivity contribution in [3.8, 4) is 0 Å². The van der Waals surface area contributed by atoms with Gasteiger partial charge in [0.1, 0.15) is 6.61 Å². The van der Waals surface area contributed by atoms with E-state index in [1.165, 1.54) is 0 Å². The highest BCUT2D eigenvalue weighted by atomic mass is 16.5. The molecule has 0 unspecified atom stereocenters. The third-order valence-corrected chi connectivity index (χ3v) is 3.91. The molecule has 0 saturated heterocycles. The zero-order valence-corrected chi connectivity index (χ0v) is 15.4. The van der Waals surface area contributed by atoms with E-state index in [0.29, 0.717) is 12.2 Å². The molecule has 0 bridgehead atoms. The maximum absolute atomic E-state index is 12.1. The zero-order valence-electron chi connectivity index (χ0n) is 15.4. The second-order valence-electron chi connectivity index (χ2n) is 6.42. The fourth-order valence-corrected chi connectivity index (χ4v) is 2.48. The molecule has 0 spiro atoms. The molecule has 3 N–H and O–H groups in total. The summed E-state index contributed by atoms with van der Waals surface area (Å²) in [6.45, 7) is 8.97. The van der Waals surface area contributed by atoms with E-state index in [0.717, 1.165) is 11.1 Å². The van der Waals surface area contributed by atoms with Gasteiger partial charge >= 0.3 is 6.09 Å². The quantitative estimate of drug-likeness (QED) is 0.601. The second-order valence-corrected chi connectivity index (χ2v) is 6.42. The van der Waals surface area contributed by atoms with Crippen LogP contribution in [-0.4, -0.2) is 12.1 Å². The van der Waals surface area contributed by atoms with Crippen LogP contribution in [-0.2, 0) is 17.9 Å². The lowest BCUT2D eigenvalue weighted by atomic mass is 10.0. The first-order valence-electron chi connectivity index (χ1n) is 8.75. The molecule has 5 nitrogen and oxygen atoms in total. The first-order chi connectivity index (χ1) is 12.6. The van der Waals surface area contributed by atoms with E-state index >= 15 is 0 Å². The molecule has 1 atom stereocenters. The van der Waals surface area contributed by atoms with Gasteiger partial charge in [0.15, 0.2) is 0 Å². The molecular weight excluding hydrogens is 326 g/mol. The lowest BCUT2D eigenvalue weighted by Gasteiger charge is -2.25. The summed E-state index contributed by atoms with van der Waals surface area (Å²) in [5.41, 5.74) is 9.00. The minimum atomic E-state index is -0.460. The van der Waals surface area contributed by atoms with Crippen molar-refractivity contribution in [1.29, 1.82) is 0 Å². The van der Waals surface area contributed by atoms with Crippen molar-refractivity contribution in [2.24, 2.45) is 5.92 Å². The standard InChI is InChI=1S/C21H27N3O2/c1-16(2)20(17(3)24-22-14-18-10-6-4-7-11-18)23-21(25)26-15-19-12-8-5-9-13-19/h4-13,16,20,22,24H,3,14-15H2,1-2H3,(H,23,25)/t20-/m0/s1. The van der Waals surface area contributed by atoms with Gasteiger partial charge in [0.2, 0.25) is 0 Å². The summed E-state index contributed by atoms with van der Waals surface area (Å²) >= 11 is 0. The molecule has 26 heavy (non-hydrogen) atoms. The highest BCUT2D eigenvalue weighted by Crippen LogP contribution is 2.09. The van der Waals surface area contributed by atoms with E-state index in [-0.39, 0.29) is 18.6 Å². The fraction of sp³-hybridized carbons (Fsp3) is 0.286. The average molecular weight is 353 g/mol. The Labute approximate surface area is 155 Å². The van der Waals surface area contributed by atoms with Crippen LogP contribution in [0.25, 0.3) is 0 Å². The summed E-state index contributed by atoms with van der Waals surface area (Å²) in [4.78, 5) is 12.1. The molecule has 2 rings (SSSR count). The number of hydrazine groups is 1. The molecule has 0 saturated carbocycles. The number of rotatable bonds is 9. The Kier molecular flexibility index (Phi) is 7.71. The molecule has 2 aromatic carbocycles. The number of ether oxygens (including phenoxy) is 1. The van der Waals surface area contributed by atoms with Gasteiger partial charge in [-0.2, -0.15) is 0 Å². The third kappa shape index (κ3) is 6.61. The van der Waals surface area contributed by atoms with Crippen molar-refractivity contribution < 1.29 is 9.53 Å². The number of carbonyl (C=O) groups excluding carboxylic acids is 1. The van der Waals surface area contributed by atoms with Crippen LogP contribution in [0.4, 0.5) is 4.79 Å². The summed E-state index contributed by atoms with van der Waals surface area (Å²) in [7, 11) is 0. The number of nitrogens with one attached hydrogen (secondary N) is 3. The fourth-order valence-electron chi connectivity index (χ4n) is 2.48. The van der Waals surface area contributed by atoms with Gasteiger partial charge in [-0.15, -0.1) is 0 Å². The Balaban J connectivity index is 1.79. The molecule has 0 aliphatic heterocycles. The van der Waals surface area contributed by atoms with Crippen LogP contribution in [0.1, 0.15) is 25.0 Å².